The molecule has 7 nitrogen and oxygen atoms in total. The second-order valence-corrected chi connectivity index (χ2v) is 57.6. The minimum absolute atomic E-state index is 0. The minimum atomic E-state index is -5.68. The second-order valence-electron chi connectivity index (χ2n) is 46.2. The van der Waals surface area contributed by atoms with Crippen molar-refractivity contribution >= 4 is 30.2 Å². The van der Waals surface area contributed by atoms with E-state index in [1.807, 2.05) is 0 Å². The van der Waals surface area contributed by atoms with Gasteiger partial charge in [0.15, 0.2) is 0 Å². The molecule has 0 N–H and O–H groups in total. The molecule has 0 bridgehead atoms. The van der Waals surface area contributed by atoms with Crippen molar-refractivity contribution in [2.45, 2.75) is 775 Å². The quantitative estimate of drug-likeness (QED) is 0.0437. The van der Waals surface area contributed by atoms with E-state index in [0.717, 1.165) is 0 Å². The molecule has 0 radical (unpaired) electrons. The molecule has 0 fully saturated rings. The summed E-state index contributed by atoms with van der Waals surface area (Å²) in [4.78, 5) is 37.3. The molecular formula is C128H266O7P4. The van der Waals surface area contributed by atoms with Gasteiger partial charge in [0.25, 0.3) is 0 Å². The molecule has 0 spiro atoms. The molecule has 0 unspecified atom stereocenters. The third-order valence-electron chi connectivity index (χ3n) is 32.1. The van der Waals surface area contributed by atoms with E-state index in [0.29, 0.717) is 0 Å². The van der Waals surface area contributed by atoms with E-state index in [4.69, 9.17) is 0 Å². The second kappa shape index (κ2) is 124. The summed E-state index contributed by atoms with van der Waals surface area (Å²) < 4.78 is 21.2. The van der Waals surface area contributed by atoms with E-state index in [-0.39, 0.29) is 2.85 Å². The normalized spacial score (nSPS) is 12.1. The first-order valence-corrected chi connectivity index (χ1v) is 73.6. The van der Waals surface area contributed by atoms with Gasteiger partial charge in [-0.25, -0.2) is 0 Å². The van der Waals surface area contributed by atoms with E-state index < -0.39 is 30.2 Å². The van der Waals surface area contributed by atoms with Crippen molar-refractivity contribution in [1.82, 2.24) is 0 Å². The van der Waals surface area contributed by atoms with E-state index in [1.165, 1.54) is 668 Å². The first kappa shape index (κ1) is 144. The lowest BCUT2D eigenvalue weighted by Crippen LogP contribution is -2.23. The van der Waals surface area contributed by atoms with Crippen molar-refractivity contribution in [3.63, 3.8) is 0 Å². The molecule has 0 amide bonds. The third-order valence-corrected chi connectivity index (χ3v) is 43.8. The Morgan fingerprint density at radius 1 is 0.122 bits per heavy atom. The highest BCUT2D eigenvalue weighted by Gasteiger charge is 2.36. The van der Waals surface area contributed by atoms with Gasteiger partial charge in [0, 0.05) is 14.5 Å². The van der Waals surface area contributed by atoms with Crippen molar-refractivity contribution in [2.75, 3.05) is 49.3 Å². The number of hydrogen-bond donors (Lipinski definition) is 0. The molecule has 0 rings (SSSR count). The van der Waals surface area contributed by atoms with Crippen molar-refractivity contribution in [3.8, 4) is 0 Å². The first-order valence-electron chi connectivity index (χ1n) is 65.6. The third kappa shape index (κ3) is 128. The Hall–Kier alpha value is 1.12. The maximum atomic E-state index is 9.32. The topological polar surface area (TPSA) is 136 Å². The summed E-state index contributed by atoms with van der Waals surface area (Å²) in [6.45, 7) is 18.7. The van der Waals surface area contributed by atoms with Crippen LogP contribution in [0, 0.1) is 0 Å². The zero-order chi connectivity index (χ0) is 102. The molecular weight excluding hydrogens is 1770 g/mol. The molecule has 139 heavy (non-hydrogen) atoms. The van der Waals surface area contributed by atoms with Crippen LogP contribution in [0.25, 0.3) is 0 Å². The van der Waals surface area contributed by atoms with Crippen LogP contribution in [0.5, 0.6) is 0 Å². The van der Waals surface area contributed by atoms with Crippen LogP contribution in [0.2, 0.25) is 0 Å². The summed E-state index contributed by atoms with van der Waals surface area (Å²) in [5.74, 6) is 0. The molecule has 0 aromatic heterocycles. The Balaban J connectivity index is -0.000000791. The van der Waals surface area contributed by atoms with Crippen LogP contribution in [0.4, 0.5) is 0 Å². The molecule has 0 heterocycles. The monoisotopic (exact) mass is 2040 g/mol. The summed E-state index contributed by atoms with van der Waals surface area (Å²) in [6, 6.07) is 0. The summed E-state index contributed by atoms with van der Waals surface area (Å²) in [7, 11) is -13.0. The Morgan fingerprint density at radius 3 is 0.230 bits per heavy atom. The molecule has 0 aliphatic carbocycles. The van der Waals surface area contributed by atoms with Crippen LogP contribution in [-0.2, 0) is 13.4 Å². The first-order chi connectivity index (χ1) is 68.2. The standard InChI is InChI=1S/2C64H132P.H4O7P2/c2*1-5-9-13-17-21-25-29-33-37-41-45-49-53-57-61-65(62-58-54-50-46-42-38-34-30-26-22-18-14-10-6-2,63-59-55-51-47-43-39-35-31-27-23-19-15-11-7-3)64-60-56-52-48-44-40-36-32-28-24-20-16-12-8-4;1-8(2,3)7-9(4,5)6/h2*5-64H2,1-4H3;(H2,1,2,3)(H2,4,5,6)/q2*+1;/p-2. The van der Waals surface area contributed by atoms with E-state index >= 15 is 0 Å². The van der Waals surface area contributed by atoms with Gasteiger partial charge in [-0.1, -0.05) is 672 Å². The van der Waals surface area contributed by atoms with Gasteiger partial charge in [0.1, 0.15) is 0 Å². The molecule has 0 saturated heterocycles. The van der Waals surface area contributed by atoms with Crippen LogP contribution in [-0.4, -0.2) is 49.3 Å². The van der Waals surface area contributed by atoms with Crippen molar-refractivity contribution in [1.29, 1.82) is 0 Å². The van der Waals surface area contributed by atoms with Gasteiger partial charge in [-0.15, -0.1) is 0 Å². The van der Waals surface area contributed by atoms with Crippen molar-refractivity contribution < 1.29 is 35.9 Å². The average molecular weight is 2040 g/mol. The van der Waals surface area contributed by atoms with Gasteiger partial charge in [0.2, 0.25) is 0 Å². The lowest BCUT2D eigenvalue weighted by atomic mass is 10.0. The zero-order valence-electron chi connectivity index (χ0n) is 99.5. The van der Waals surface area contributed by atoms with Gasteiger partial charge >= 0.3 is 2.85 Å². The number of hydrogen-bond acceptors (Lipinski definition) is 7. The number of unbranched alkanes of at least 4 members (excludes halogenated alkanes) is 104. The highest BCUT2D eigenvalue weighted by Crippen LogP contribution is 2.63. The molecule has 0 aliphatic rings. The molecule has 0 aliphatic heterocycles. The van der Waals surface area contributed by atoms with Crippen molar-refractivity contribution in [2.24, 2.45) is 0 Å². The molecule has 0 aromatic rings. The van der Waals surface area contributed by atoms with Gasteiger partial charge in [0.05, 0.1) is 64.9 Å². The summed E-state index contributed by atoms with van der Waals surface area (Å²) in [5, 5.41) is 0. The van der Waals surface area contributed by atoms with Crippen LogP contribution in [0.15, 0.2) is 0 Å². The van der Waals surface area contributed by atoms with Gasteiger partial charge < -0.3 is 33.0 Å². The van der Waals surface area contributed by atoms with E-state index in [2.05, 4.69) is 59.7 Å². The van der Waals surface area contributed by atoms with Gasteiger partial charge in [-0.05, 0) is 103 Å². The largest absolute Gasteiger partial charge is 1.00 e. The van der Waals surface area contributed by atoms with Gasteiger partial charge in [-0.3, -0.25) is 0 Å². The predicted octanol–water partition coefficient (Wildman–Crippen LogP) is 46.7. The predicted molar refractivity (Wildman–Crippen MR) is 634 cm³/mol. The van der Waals surface area contributed by atoms with E-state index in [1.54, 1.807) is 101 Å². The SMILES string of the molecule is CCCCCCCCCCCCCCCC[P+](CCCCCCCCCCCCCCCC)(CCCCCCCCCCCCCCCC)CCCCCCCCCCCCCCCC.CCCCCCCCCCCCCCCC[P+](CCCCCCCCCCCCCCCC)(CCCCCCCCCCCCCCCC)CCCCCCCCCCCCCCCC.O=P([O-])([O-])OP(=O)([O-])[O-].[H+].[H+]. The lowest BCUT2D eigenvalue weighted by Gasteiger charge is -2.39. The number of rotatable bonds is 122. The van der Waals surface area contributed by atoms with Crippen LogP contribution in [0.3, 0.4) is 0 Å². The Labute approximate surface area is 884 Å². The number of phosphoric acid groups is 2. The highest BCUT2D eigenvalue weighted by molar-refractivity contribution is 7.76. The zero-order valence-corrected chi connectivity index (χ0v) is 101. The fraction of sp³-hybridized carbons (Fsp3) is 1.00. The lowest BCUT2D eigenvalue weighted by molar-refractivity contribution is -0.364. The molecule has 0 atom stereocenters. The maximum absolute atomic E-state index is 9.32. The molecule has 0 saturated carbocycles. The van der Waals surface area contributed by atoms with Crippen LogP contribution < -0.4 is 19.6 Å². The molecule has 840 valence electrons. The average Bonchev–Trinajstić information content (AvgIpc) is 0.871. The summed E-state index contributed by atoms with van der Waals surface area (Å²) in [6.07, 6.45) is 181. The van der Waals surface area contributed by atoms with Gasteiger partial charge in [-0.2, -0.15) is 0 Å². The maximum Gasteiger partial charge on any atom is 1.00 e. The van der Waals surface area contributed by atoms with E-state index in [9.17, 15) is 28.7 Å². The fourth-order valence-corrected chi connectivity index (χ4v) is 33.4. The molecule has 11 heteroatoms. The van der Waals surface area contributed by atoms with Crippen LogP contribution in [0.1, 0.15) is 777 Å². The Kier molecular flexibility index (Phi) is 129. The Morgan fingerprint density at radius 2 is 0.180 bits per heavy atom. The summed E-state index contributed by atoms with van der Waals surface area (Å²) in [5.41, 5.74) is 0. The van der Waals surface area contributed by atoms with Crippen molar-refractivity contribution in [3.05, 3.63) is 0 Å². The minimum Gasteiger partial charge on any atom is -0.790 e. The highest BCUT2D eigenvalue weighted by atomic mass is 31.3. The summed E-state index contributed by atoms with van der Waals surface area (Å²) >= 11 is 0. The van der Waals surface area contributed by atoms with Crippen LogP contribution >= 0.6 is 30.2 Å². The molecule has 0 aromatic carbocycles. The Bertz CT molecular complexity index is 1850. The fourth-order valence-electron chi connectivity index (χ4n) is 22.6. The smallest absolute Gasteiger partial charge is 0.790 e.